The van der Waals surface area contributed by atoms with Crippen molar-refractivity contribution in [2.24, 2.45) is 5.10 Å². The molecule has 0 fully saturated rings. The Balaban J connectivity index is 1.69. The number of anilines is 1. The van der Waals surface area contributed by atoms with E-state index in [-0.39, 0.29) is 5.91 Å². The van der Waals surface area contributed by atoms with Gasteiger partial charge in [-0.05, 0) is 50.6 Å². The Morgan fingerprint density at radius 1 is 1.11 bits per heavy atom. The SMILES string of the molecule is CCN(CC)c1ccc(/C=N/NC(=O)c2cc3ccccc3nc2C)cc1. The molecule has 0 saturated heterocycles. The molecule has 27 heavy (non-hydrogen) atoms. The van der Waals surface area contributed by atoms with Crippen LogP contribution in [0.2, 0.25) is 0 Å². The maximum Gasteiger partial charge on any atom is 0.273 e. The molecular weight excluding hydrogens is 336 g/mol. The van der Waals surface area contributed by atoms with E-state index in [9.17, 15) is 4.79 Å². The Morgan fingerprint density at radius 2 is 1.81 bits per heavy atom. The molecule has 3 aromatic rings. The Bertz CT molecular complexity index is 960. The Morgan fingerprint density at radius 3 is 2.52 bits per heavy atom. The summed E-state index contributed by atoms with van der Waals surface area (Å²) >= 11 is 0. The van der Waals surface area contributed by atoms with Crippen LogP contribution in [0.5, 0.6) is 0 Å². The topological polar surface area (TPSA) is 57.6 Å². The van der Waals surface area contributed by atoms with Crippen molar-refractivity contribution < 1.29 is 4.79 Å². The first kappa shape index (κ1) is 18.6. The van der Waals surface area contributed by atoms with Crippen LogP contribution in [0.1, 0.15) is 35.5 Å². The van der Waals surface area contributed by atoms with Gasteiger partial charge in [-0.2, -0.15) is 5.10 Å². The number of hydrogen-bond donors (Lipinski definition) is 1. The average Bonchev–Trinajstić information content (AvgIpc) is 2.69. The summed E-state index contributed by atoms with van der Waals surface area (Å²) in [4.78, 5) is 19.2. The van der Waals surface area contributed by atoms with Gasteiger partial charge in [0.2, 0.25) is 0 Å². The second-order valence-corrected chi connectivity index (χ2v) is 6.28. The summed E-state index contributed by atoms with van der Waals surface area (Å²) in [5, 5.41) is 5.02. The third-order valence-corrected chi connectivity index (χ3v) is 4.56. The number of nitrogens with one attached hydrogen (secondary N) is 1. The van der Waals surface area contributed by atoms with Crippen LogP contribution >= 0.6 is 0 Å². The molecule has 0 spiro atoms. The molecule has 0 aliphatic carbocycles. The third-order valence-electron chi connectivity index (χ3n) is 4.56. The van der Waals surface area contributed by atoms with Crippen molar-refractivity contribution in [3.8, 4) is 0 Å². The molecule has 2 aromatic carbocycles. The Kier molecular flexibility index (Phi) is 5.81. The molecule has 1 amide bonds. The predicted octanol–water partition coefficient (Wildman–Crippen LogP) is 4.15. The van der Waals surface area contributed by atoms with Crippen LogP contribution < -0.4 is 10.3 Å². The number of nitrogens with zero attached hydrogens (tertiary/aromatic N) is 3. The maximum atomic E-state index is 12.4. The first-order chi connectivity index (χ1) is 13.1. The molecule has 0 aliphatic heterocycles. The van der Waals surface area contributed by atoms with Gasteiger partial charge >= 0.3 is 0 Å². The number of rotatable bonds is 6. The number of pyridine rings is 1. The van der Waals surface area contributed by atoms with E-state index in [1.165, 1.54) is 5.69 Å². The molecule has 0 atom stereocenters. The van der Waals surface area contributed by atoms with Gasteiger partial charge in [0, 0.05) is 24.2 Å². The second kappa shape index (κ2) is 8.45. The number of para-hydroxylation sites is 1. The van der Waals surface area contributed by atoms with Gasteiger partial charge in [-0.25, -0.2) is 5.43 Å². The van der Waals surface area contributed by atoms with E-state index in [1.54, 1.807) is 6.21 Å². The van der Waals surface area contributed by atoms with Gasteiger partial charge in [-0.1, -0.05) is 30.3 Å². The van der Waals surface area contributed by atoms with Gasteiger partial charge in [0.15, 0.2) is 0 Å². The summed E-state index contributed by atoms with van der Waals surface area (Å²) in [6, 6.07) is 17.7. The minimum Gasteiger partial charge on any atom is -0.372 e. The minimum atomic E-state index is -0.262. The van der Waals surface area contributed by atoms with Gasteiger partial charge in [0.1, 0.15) is 0 Å². The first-order valence-electron chi connectivity index (χ1n) is 9.17. The van der Waals surface area contributed by atoms with Crippen molar-refractivity contribution in [1.29, 1.82) is 0 Å². The molecule has 1 N–H and O–H groups in total. The normalized spacial score (nSPS) is 11.1. The van der Waals surface area contributed by atoms with Gasteiger partial charge in [-0.15, -0.1) is 0 Å². The number of benzene rings is 2. The largest absolute Gasteiger partial charge is 0.372 e. The Labute approximate surface area is 159 Å². The molecular formula is C22H24N4O. The fraction of sp³-hybridized carbons (Fsp3) is 0.227. The fourth-order valence-corrected chi connectivity index (χ4v) is 3.03. The zero-order valence-electron chi connectivity index (χ0n) is 15.9. The summed E-state index contributed by atoms with van der Waals surface area (Å²) in [6.07, 6.45) is 1.65. The third kappa shape index (κ3) is 4.31. The lowest BCUT2D eigenvalue weighted by Gasteiger charge is -2.20. The predicted molar refractivity (Wildman–Crippen MR) is 112 cm³/mol. The average molecular weight is 360 g/mol. The molecule has 138 valence electrons. The van der Waals surface area contributed by atoms with Gasteiger partial charge in [0.25, 0.3) is 5.91 Å². The first-order valence-corrected chi connectivity index (χ1v) is 9.17. The number of amides is 1. The second-order valence-electron chi connectivity index (χ2n) is 6.28. The number of carbonyl (C=O) groups excluding carboxylic acids is 1. The molecule has 0 bridgehead atoms. The van der Waals surface area contributed by atoms with E-state index in [0.717, 1.165) is 29.6 Å². The maximum absolute atomic E-state index is 12.4. The molecule has 1 aromatic heterocycles. The number of carbonyl (C=O) groups is 1. The zero-order valence-corrected chi connectivity index (χ0v) is 15.9. The number of hydrazone groups is 1. The summed E-state index contributed by atoms with van der Waals surface area (Å²) in [7, 11) is 0. The Hall–Kier alpha value is -3.21. The van der Waals surface area contributed by atoms with Crippen LogP contribution in [0, 0.1) is 6.92 Å². The van der Waals surface area contributed by atoms with Crippen molar-refractivity contribution in [3.05, 3.63) is 71.4 Å². The molecule has 3 rings (SSSR count). The summed E-state index contributed by atoms with van der Waals surface area (Å²) < 4.78 is 0. The van der Waals surface area contributed by atoms with Crippen molar-refractivity contribution in [1.82, 2.24) is 10.4 Å². The van der Waals surface area contributed by atoms with Crippen LogP contribution in [-0.2, 0) is 0 Å². The van der Waals surface area contributed by atoms with Gasteiger partial charge in [-0.3, -0.25) is 9.78 Å². The lowest BCUT2D eigenvalue weighted by Crippen LogP contribution is -2.21. The van der Waals surface area contributed by atoms with Crippen molar-refractivity contribution in [3.63, 3.8) is 0 Å². The minimum absolute atomic E-state index is 0.262. The molecule has 5 nitrogen and oxygen atoms in total. The van der Waals surface area contributed by atoms with Crippen LogP contribution in [0.4, 0.5) is 5.69 Å². The molecule has 0 unspecified atom stereocenters. The highest BCUT2D eigenvalue weighted by atomic mass is 16.2. The molecule has 0 aliphatic rings. The number of aromatic nitrogens is 1. The van der Waals surface area contributed by atoms with E-state index >= 15 is 0 Å². The highest BCUT2D eigenvalue weighted by Gasteiger charge is 2.10. The molecule has 0 radical (unpaired) electrons. The lowest BCUT2D eigenvalue weighted by molar-refractivity contribution is 0.0954. The summed E-state index contributed by atoms with van der Waals surface area (Å²) in [5.41, 5.74) is 6.80. The van der Waals surface area contributed by atoms with Crippen molar-refractivity contribution in [2.75, 3.05) is 18.0 Å². The molecule has 0 saturated carbocycles. The van der Waals surface area contributed by atoms with Crippen LogP contribution in [0.25, 0.3) is 10.9 Å². The molecule has 1 heterocycles. The zero-order chi connectivity index (χ0) is 19.2. The van der Waals surface area contributed by atoms with E-state index in [4.69, 9.17) is 0 Å². The van der Waals surface area contributed by atoms with Crippen molar-refractivity contribution >= 4 is 28.7 Å². The highest BCUT2D eigenvalue weighted by molar-refractivity contribution is 5.99. The smallest absolute Gasteiger partial charge is 0.273 e. The standard InChI is InChI=1S/C22H24N4O/c1-4-26(5-2)19-12-10-17(11-13-19)15-23-25-22(27)20-14-18-8-6-7-9-21(18)24-16(20)3/h6-15H,4-5H2,1-3H3,(H,25,27)/b23-15+. The van der Waals surface area contributed by atoms with E-state index in [0.29, 0.717) is 11.3 Å². The summed E-state index contributed by atoms with van der Waals surface area (Å²) in [5.74, 6) is -0.262. The lowest BCUT2D eigenvalue weighted by atomic mass is 10.1. The van der Waals surface area contributed by atoms with Crippen LogP contribution in [-0.4, -0.2) is 30.2 Å². The number of aryl methyl sites for hydroxylation is 1. The van der Waals surface area contributed by atoms with Crippen LogP contribution in [0.3, 0.4) is 0 Å². The van der Waals surface area contributed by atoms with Gasteiger partial charge < -0.3 is 4.90 Å². The number of hydrogen-bond acceptors (Lipinski definition) is 4. The van der Waals surface area contributed by atoms with Crippen molar-refractivity contribution in [2.45, 2.75) is 20.8 Å². The summed E-state index contributed by atoms with van der Waals surface area (Å²) in [6.45, 7) is 8.05. The van der Waals surface area contributed by atoms with Crippen LogP contribution in [0.15, 0.2) is 59.7 Å². The number of fused-ring (bicyclic) bond motifs is 1. The van der Waals surface area contributed by atoms with E-state index < -0.39 is 0 Å². The highest BCUT2D eigenvalue weighted by Crippen LogP contribution is 2.16. The quantitative estimate of drug-likeness (QED) is 0.531. The monoisotopic (exact) mass is 360 g/mol. The van der Waals surface area contributed by atoms with Gasteiger partial charge in [0.05, 0.1) is 23.0 Å². The van der Waals surface area contributed by atoms with E-state index in [1.807, 2.05) is 49.4 Å². The molecule has 5 heteroatoms. The van der Waals surface area contributed by atoms with E-state index in [2.05, 4.69) is 46.4 Å². The fourth-order valence-electron chi connectivity index (χ4n) is 3.03.